The molecule has 3 rings (SSSR count). The fraction of sp³-hybridized carbons (Fsp3) is 0.235. The third kappa shape index (κ3) is 2.99. The molecule has 0 radical (unpaired) electrons. The lowest BCUT2D eigenvalue weighted by molar-refractivity contribution is -0.137. The lowest BCUT2D eigenvalue weighted by Gasteiger charge is -2.01. The van der Waals surface area contributed by atoms with Crippen LogP contribution in [0.15, 0.2) is 53.3 Å². The van der Waals surface area contributed by atoms with E-state index in [1.807, 2.05) is 24.3 Å². The highest BCUT2D eigenvalue weighted by molar-refractivity contribution is 5.84. The molecule has 1 aromatic carbocycles. The lowest BCUT2D eigenvalue weighted by Crippen LogP contribution is -1.97. The van der Waals surface area contributed by atoms with Gasteiger partial charge in [-0.15, -0.1) is 0 Å². The number of para-hydroxylation sites is 1. The van der Waals surface area contributed by atoms with Crippen molar-refractivity contribution in [2.75, 3.05) is 0 Å². The Hall–Kier alpha value is -2.49. The number of carboxylic acids is 1. The Morgan fingerprint density at radius 1 is 1.19 bits per heavy atom. The summed E-state index contributed by atoms with van der Waals surface area (Å²) in [6.07, 6.45) is 5.42. The number of nitrogens with zero attached hydrogens (tertiary/aromatic N) is 1. The first-order valence-corrected chi connectivity index (χ1v) is 7.05. The Morgan fingerprint density at radius 2 is 2.05 bits per heavy atom. The van der Waals surface area contributed by atoms with Gasteiger partial charge in [0.15, 0.2) is 0 Å². The summed E-state index contributed by atoms with van der Waals surface area (Å²) in [6.45, 7) is 0.687. The zero-order valence-corrected chi connectivity index (χ0v) is 11.7. The molecule has 4 heteroatoms. The van der Waals surface area contributed by atoms with Crippen LogP contribution in [-0.4, -0.2) is 15.6 Å². The first-order valence-electron chi connectivity index (χ1n) is 7.05. The van der Waals surface area contributed by atoms with Gasteiger partial charge in [-0.1, -0.05) is 18.2 Å². The molecule has 2 aromatic heterocycles. The van der Waals surface area contributed by atoms with E-state index in [9.17, 15) is 4.79 Å². The van der Waals surface area contributed by atoms with Crippen molar-refractivity contribution in [3.63, 3.8) is 0 Å². The molecule has 0 unspecified atom stereocenters. The highest BCUT2D eigenvalue weighted by Gasteiger charge is 2.09. The maximum atomic E-state index is 10.7. The number of hydrogen-bond donors (Lipinski definition) is 1. The molecule has 3 aromatic rings. The number of aromatic nitrogens is 1. The molecular weight excluding hydrogens is 266 g/mol. The van der Waals surface area contributed by atoms with E-state index in [0.717, 1.165) is 17.7 Å². The standard InChI is InChI=1S/C17H17NO3/c19-17(20)9-3-5-13-11-18(12-14-6-4-10-21-14)16-8-2-1-7-15(13)16/h1-2,4,6-8,10-11H,3,5,9,12H2,(H,19,20). The summed E-state index contributed by atoms with van der Waals surface area (Å²) in [6, 6.07) is 12.0. The van der Waals surface area contributed by atoms with Crippen LogP contribution in [0.4, 0.5) is 0 Å². The predicted molar refractivity (Wildman–Crippen MR) is 80.3 cm³/mol. The maximum absolute atomic E-state index is 10.7. The molecule has 0 saturated carbocycles. The molecule has 21 heavy (non-hydrogen) atoms. The van der Waals surface area contributed by atoms with Crippen LogP contribution >= 0.6 is 0 Å². The van der Waals surface area contributed by atoms with Gasteiger partial charge in [0.1, 0.15) is 5.76 Å². The number of hydrogen-bond acceptors (Lipinski definition) is 2. The van der Waals surface area contributed by atoms with Gasteiger partial charge in [-0.25, -0.2) is 0 Å². The van der Waals surface area contributed by atoms with Gasteiger partial charge in [0, 0.05) is 23.5 Å². The van der Waals surface area contributed by atoms with Gasteiger partial charge >= 0.3 is 5.97 Å². The zero-order chi connectivity index (χ0) is 14.7. The van der Waals surface area contributed by atoms with Gasteiger partial charge in [-0.3, -0.25) is 4.79 Å². The molecule has 0 fully saturated rings. The number of aliphatic carboxylic acids is 1. The molecule has 0 atom stereocenters. The Labute approximate surface area is 122 Å². The minimum atomic E-state index is -0.741. The van der Waals surface area contributed by atoms with Crippen LogP contribution in [0.25, 0.3) is 10.9 Å². The van der Waals surface area contributed by atoms with Crippen LogP contribution in [0.1, 0.15) is 24.2 Å². The van der Waals surface area contributed by atoms with E-state index in [2.05, 4.69) is 22.9 Å². The summed E-state index contributed by atoms with van der Waals surface area (Å²) < 4.78 is 7.57. The first-order chi connectivity index (χ1) is 10.2. The highest BCUT2D eigenvalue weighted by atomic mass is 16.4. The summed E-state index contributed by atoms with van der Waals surface area (Å²) in [5, 5.41) is 9.95. The number of rotatable bonds is 6. The van der Waals surface area contributed by atoms with E-state index in [-0.39, 0.29) is 6.42 Å². The van der Waals surface area contributed by atoms with Crippen molar-refractivity contribution in [2.45, 2.75) is 25.8 Å². The molecular formula is C17H17NO3. The number of benzene rings is 1. The third-order valence-corrected chi connectivity index (χ3v) is 3.61. The fourth-order valence-corrected chi connectivity index (χ4v) is 2.65. The van der Waals surface area contributed by atoms with Crippen molar-refractivity contribution in [1.29, 1.82) is 0 Å². The van der Waals surface area contributed by atoms with Crippen LogP contribution in [0.5, 0.6) is 0 Å². The van der Waals surface area contributed by atoms with Crippen LogP contribution in [0.2, 0.25) is 0 Å². The Morgan fingerprint density at radius 3 is 2.81 bits per heavy atom. The van der Waals surface area contributed by atoms with E-state index in [0.29, 0.717) is 13.0 Å². The van der Waals surface area contributed by atoms with Crippen molar-refractivity contribution in [2.24, 2.45) is 0 Å². The Balaban J connectivity index is 1.88. The van der Waals surface area contributed by atoms with E-state index in [1.165, 1.54) is 10.9 Å². The van der Waals surface area contributed by atoms with Gasteiger partial charge in [-0.05, 0) is 36.6 Å². The number of aryl methyl sites for hydroxylation is 1. The molecule has 0 bridgehead atoms. The minimum Gasteiger partial charge on any atom is -0.481 e. The highest BCUT2D eigenvalue weighted by Crippen LogP contribution is 2.24. The van der Waals surface area contributed by atoms with Gasteiger partial charge in [0.25, 0.3) is 0 Å². The summed E-state index contributed by atoms with van der Waals surface area (Å²) in [4.78, 5) is 10.7. The van der Waals surface area contributed by atoms with Crippen LogP contribution in [0, 0.1) is 0 Å². The molecule has 0 saturated heterocycles. The number of fused-ring (bicyclic) bond motifs is 1. The van der Waals surface area contributed by atoms with E-state index in [1.54, 1.807) is 6.26 Å². The summed E-state index contributed by atoms with van der Waals surface area (Å²) in [7, 11) is 0. The van der Waals surface area contributed by atoms with E-state index in [4.69, 9.17) is 9.52 Å². The second-order valence-corrected chi connectivity index (χ2v) is 5.13. The first kappa shape index (κ1) is 13.5. The maximum Gasteiger partial charge on any atom is 0.303 e. The van der Waals surface area contributed by atoms with Crippen molar-refractivity contribution in [3.8, 4) is 0 Å². The number of carbonyl (C=O) groups is 1. The monoisotopic (exact) mass is 283 g/mol. The third-order valence-electron chi connectivity index (χ3n) is 3.61. The van der Waals surface area contributed by atoms with Crippen LogP contribution < -0.4 is 0 Å². The molecule has 2 heterocycles. The predicted octanol–water partition coefficient (Wildman–Crippen LogP) is 3.69. The largest absolute Gasteiger partial charge is 0.481 e. The fourth-order valence-electron chi connectivity index (χ4n) is 2.65. The van der Waals surface area contributed by atoms with Crippen LogP contribution in [0.3, 0.4) is 0 Å². The zero-order valence-electron chi connectivity index (χ0n) is 11.7. The second kappa shape index (κ2) is 5.87. The van der Waals surface area contributed by atoms with E-state index < -0.39 is 5.97 Å². The molecule has 1 N–H and O–H groups in total. The molecule has 0 amide bonds. The summed E-state index contributed by atoms with van der Waals surface area (Å²) in [5.74, 6) is 0.169. The topological polar surface area (TPSA) is 55.4 Å². The normalized spacial score (nSPS) is 11.0. The molecule has 4 nitrogen and oxygen atoms in total. The smallest absolute Gasteiger partial charge is 0.303 e. The quantitative estimate of drug-likeness (QED) is 0.750. The van der Waals surface area contributed by atoms with Gasteiger partial charge in [-0.2, -0.15) is 0 Å². The number of furan rings is 1. The van der Waals surface area contributed by atoms with Crippen LogP contribution in [-0.2, 0) is 17.8 Å². The molecule has 108 valence electrons. The molecule has 0 spiro atoms. The Kier molecular flexibility index (Phi) is 3.77. The SMILES string of the molecule is O=C(O)CCCc1cn(Cc2ccco2)c2ccccc12. The van der Waals surface area contributed by atoms with Crippen molar-refractivity contribution in [1.82, 2.24) is 4.57 Å². The second-order valence-electron chi connectivity index (χ2n) is 5.13. The van der Waals surface area contributed by atoms with Crippen molar-refractivity contribution >= 4 is 16.9 Å². The van der Waals surface area contributed by atoms with Gasteiger partial charge in [0.05, 0.1) is 12.8 Å². The molecule has 0 aliphatic carbocycles. The van der Waals surface area contributed by atoms with Gasteiger partial charge < -0.3 is 14.1 Å². The lowest BCUT2D eigenvalue weighted by atomic mass is 10.1. The van der Waals surface area contributed by atoms with Crippen molar-refractivity contribution in [3.05, 3.63) is 60.2 Å². The Bertz CT molecular complexity index is 741. The molecule has 0 aliphatic heterocycles. The summed E-state index contributed by atoms with van der Waals surface area (Å²) >= 11 is 0. The summed E-state index contributed by atoms with van der Waals surface area (Å²) in [5.41, 5.74) is 2.35. The van der Waals surface area contributed by atoms with Crippen molar-refractivity contribution < 1.29 is 14.3 Å². The average Bonchev–Trinajstić information content (AvgIpc) is 3.09. The molecule has 0 aliphatic rings. The van der Waals surface area contributed by atoms with E-state index >= 15 is 0 Å². The van der Waals surface area contributed by atoms with Gasteiger partial charge in [0.2, 0.25) is 0 Å². The number of carboxylic acid groups (broad SMARTS) is 1. The average molecular weight is 283 g/mol. The minimum absolute atomic E-state index is 0.206.